The topological polar surface area (TPSA) is 150 Å². The molecule has 0 aliphatic rings. The van der Waals surface area contributed by atoms with E-state index in [2.05, 4.69) is 9.44 Å². The summed E-state index contributed by atoms with van der Waals surface area (Å²) in [5, 5.41) is 0. The largest absolute Gasteiger partial charge is 1.00 e. The maximum atomic E-state index is 12.2. The van der Waals surface area contributed by atoms with E-state index < -0.39 is 35.9 Å². The number of para-hydroxylation sites is 1. The molecule has 0 fully saturated rings. The summed E-state index contributed by atoms with van der Waals surface area (Å²) in [6.45, 7) is -0.0783. The van der Waals surface area contributed by atoms with E-state index >= 15 is 0 Å². The van der Waals surface area contributed by atoms with Crippen LogP contribution in [0.3, 0.4) is 0 Å². The van der Waals surface area contributed by atoms with E-state index in [1.807, 2.05) is 0 Å². The van der Waals surface area contributed by atoms with E-state index in [4.69, 9.17) is 0 Å². The zero-order chi connectivity index (χ0) is 17.7. The molecule has 0 spiro atoms. The molecule has 0 aliphatic heterocycles. The first-order valence-electron chi connectivity index (χ1n) is 6.41. The van der Waals surface area contributed by atoms with Gasteiger partial charge in [-0.15, -0.1) is 0 Å². The minimum absolute atomic E-state index is 0. The van der Waals surface area contributed by atoms with Crippen LogP contribution in [-0.2, 0) is 30.2 Å². The van der Waals surface area contributed by atoms with Crippen LogP contribution in [0.5, 0.6) is 0 Å². The molecule has 9 nitrogen and oxygen atoms in total. The van der Waals surface area contributed by atoms with Gasteiger partial charge in [0.05, 0.1) is 22.1 Å². The Kier molecular flexibility index (Phi) is 9.39. The second-order valence-electron chi connectivity index (χ2n) is 4.74. The van der Waals surface area contributed by atoms with Crippen molar-refractivity contribution in [2.24, 2.45) is 0 Å². The van der Waals surface area contributed by atoms with Gasteiger partial charge in [0.1, 0.15) is 4.90 Å². The van der Waals surface area contributed by atoms with Gasteiger partial charge in [-0.3, -0.25) is 4.72 Å². The van der Waals surface area contributed by atoms with Crippen molar-refractivity contribution in [2.75, 3.05) is 23.3 Å². The molecular formula is C11H17N2NaO7S3. The number of hydrogen-bond acceptors (Lipinski definition) is 7. The van der Waals surface area contributed by atoms with Gasteiger partial charge in [-0.05, 0) is 25.0 Å². The first-order chi connectivity index (χ1) is 10.4. The Bertz CT molecular complexity index is 851. The van der Waals surface area contributed by atoms with Crippen molar-refractivity contribution in [3.8, 4) is 0 Å². The van der Waals surface area contributed by atoms with Gasteiger partial charge in [-0.2, -0.15) is 0 Å². The summed E-state index contributed by atoms with van der Waals surface area (Å²) >= 11 is 0. The maximum Gasteiger partial charge on any atom is 1.00 e. The van der Waals surface area contributed by atoms with Gasteiger partial charge >= 0.3 is 29.6 Å². The Balaban J connectivity index is 0.00000529. The van der Waals surface area contributed by atoms with Crippen LogP contribution in [0.2, 0.25) is 0 Å². The van der Waals surface area contributed by atoms with E-state index in [0.717, 1.165) is 6.26 Å². The fraction of sp³-hybridized carbons (Fsp3) is 0.455. The van der Waals surface area contributed by atoms with Gasteiger partial charge in [0.25, 0.3) is 0 Å². The average Bonchev–Trinajstić information content (AvgIpc) is 2.35. The quantitative estimate of drug-likeness (QED) is 0.246. The summed E-state index contributed by atoms with van der Waals surface area (Å²) < 4.78 is 82.5. The Morgan fingerprint density at radius 3 is 2.12 bits per heavy atom. The van der Waals surface area contributed by atoms with Crippen molar-refractivity contribution in [2.45, 2.75) is 17.7 Å². The molecule has 1 rings (SSSR count). The standard InChI is InChI=1S/C11H18N2O7S3.Na/c1-21(14,15)13-10-6-2-3-7-11(10)23(19,20)12-8-4-5-9-22(16,17)18;/h2-3,6-7,12-13H,4-5,8-9H2,1H3,(H,16,17,18);/q;+1/p-1. The van der Waals surface area contributed by atoms with E-state index in [1.165, 1.54) is 24.3 Å². The third-order valence-electron chi connectivity index (χ3n) is 2.59. The molecule has 1 aromatic carbocycles. The van der Waals surface area contributed by atoms with Crippen molar-refractivity contribution >= 4 is 35.9 Å². The molecule has 0 unspecified atom stereocenters. The van der Waals surface area contributed by atoms with Crippen LogP contribution < -0.4 is 39.0 Å². The number of anilines is 1. The first-order valence-corrected chi connectivity index (χ1v) is 11.4. The fourth-order valence-electron chi connectivity index (χ4n) is 1.67. The van der Waals surface area contributed by atoms with Gasteiger partial charge in [0.2, 0.25) is 20.0 Å². The summed E-state index contributed by atoms with van der Waals surface area (Å²) in [4.78, 5) is -0.248. The molecule has 2 N–H and O–H groups in total. The monoisotopic (exact) mass is 408 g/mol. The summed E-state index contributed by atoms with van der Waals surface area (Å²) in [5.41, 5.74) is -0.0929. The number of rotatable bonds is 9. The third kappa shape index (κ3) is 9.32. The Morgan fingerprint density at radius 1 is 1.00 bits per heavy atom. The normalized spacial score (nSPS) is 12.4. The first kappa shape index (κ1) is 23.8. The molecule has 0 saturated carbocycles. The maximum absolute atomic E-state index is 12.2. The van der Waals surface area contributed by atoms with Gasteiger partial charge in [-0.1, -0.05) is 12.1 Å². The molecule has 0 atom stereocenters. The smallest absolute Gasteiger partial charge is 0.748 e. The molecule has 0 bridgehead atoms. The zero-order valence-corrected chi connectivity index (χ0v) is 17.7. The van der Waals surface area contributed by atoms with Gasteiger partial charge in [0, 0.05) is 12.3 Å². The number of nitrogens with one attached hydrogen (secondary N) is 2. The molecule has 13 heteroatoms. The summed E-state index contributed by atoms with van der Waals surface area (Å²) in [6.07, 6.45) is 1.08. The van der Waals surface area contributed by atoms with Crippen LogP contribution in [0, 0.1) is 0 Å². The van der Waals surface area contributed by atoms with Crippen LogP contribution in [0.15, 0.2) is 29.2 Å². The molecule has 132 valence electrons. The van der Waals surface area contributed by atoms with Crippen LogP contribution in [0.4, 0.5) is 5.69 Å². The molecule has 0 amide bonds. The van der Waals surface area contributed by atoms with E-state index in [-0.39, 0.29) is 59.5 Å². The molecule has 0 aliphatic carbocycles. The second kappa shape index (κ2) is 9.48. The number of unbranched alkanes of at least 4 members (excludes halogenated alkanes) is 1. The summed E-state index contributed by atoms with van der Waals surface area (Å²) in [5.74, 6) is -0.569. The van der Waals surface area contributed by atoms with Crippen molar-refractivity contribution in [3.63, 3.8) is 0 Å². The zero-order valence-electron chi connectivity index (χ0n) is 13.2. The number of benzene rings is 1. The molecular weight excluding hydrogens is 391 g/mol. The molecule has 0 radical (unpaired) electrons. The van der Waals surface area contributed by atoms with Crippen molar-refractivity contribution < 1.29 is 59.4 Å². The van der Waals surface area contributed by atoms with Crippen LogP contribution >= 0.6 is 0 Å². The third-order valence-corrected chi connectivity index (χ3v) is 5.48. The Morgan fingerprint density at radius 2 is 1.58 bits per heavy atom. The molecule has 0 aromatic heterocycles. The Hall–Kier alpha value is -0.210. The minimum atomic E-state index is -4.32. The number of hydrogen-bond donors (Lipinski definition) is 2. The van der Waals surface area contributed by atoms with Crippen LogP contribution in [-0.4, -0.2) is 48.4 Å². The van der Waals surface area contributed by atoms with Gasteiger partial charge in [0.15, 0.2) is 0 Å². The van der Waals surface area contributed by atoms with Gasteiger partial charge < -0.3 is 4.55 Å². The molecule has 1 aromatic rings. The summed E-state index contributed by atoms with van der Waals surface area (Å²) in [7, 11) is -12.0. The Labute approximate surface area is 164 Å². The molecule has 0 saturated heterocycles. The second-order valence-corrected chi connectivity index (χ2v) is 9.74. The van der Waals surface area contributed by atoms with Crippen molar-refractivity contribution in [3.05, 3.63) is 24.3 Å². The summed E-state index contributed by atoms with van der Waals surface area (Å²) in [6, 6.07) is 5.45. The SMILES string of the molecule is CS(=O)(=O)Nc1ccccc1S(=O)(=O)NCCCCS(=O)(=O)[O-].[Na+]. The minimum Gasteiger partial charge on any atom is -0.748 e. The van der Waals surface area contributed by atoms with Crippen molar-refractivity contribution in [1.29, 1.82) is 0 Å². The fourth-order valence-corrected chi connectivity index (χ4v) is 4.11. The van der Waals surface area contributed by atoms with Crippen LogP contribution in [0.25, 0.3) is 0 Å². The van der Waals surface area contributed by atoms with Crippen molar-refractivity contribution in [1.82, 2.24) is 4.72 Å². The van der Waals surface area contributed by atoms with Crippen LogP contribution in [0.1, 0.15) is 12.8 Å². The predicted molar refractivity (Wildman–Crippen MR) is 83.9 cm³/mol. The molecule has 24 heavy (non-hydrogen) atoms. The van der Waals surface area contributed by atoms with Gasteiger partial charge in [-0.25, -0.2) is 30.0 Å². The number of sulfonamides is 2. The average molecular weight is 408 g/mol. The molecule has 0 heterocycles. The van der Waals surface area contributed by atoms with E-state index in [0.29, 0.717) is 0 Å². The van der Waals surface area contributed by atoms with E-state index in [9.17, 15) is 29.8 Å². The van der Waals surface area contributed by atoms with E-state index in [1.54, 1.807) is 0 Å². The predicted octanol–water partition coefficient (Wildman–Crippen LogP) is -3.33.